The van der Waals surface area contributed by atoms with Crippen LogP contribution in [0, 0.1) is 0 Å². The summed E-state index contributed by atoms with van der Waals surface area (Å²) in [6.07, 6.45) is 0.552. The first kappa shape index (κ1) is 17.0. The summed E-state index contributed by atoms with van der Waals surface area (Å²) in [5.41, 5.74) is 1.42. The molecule has 23 heavy (non-hydrogen) atoms. The highest BCUT2D eigenvalue weighted by atomic mass is 79.9. The van der Waals surface area contributed by atoms with Crippen molar-refractivity contribution in [1.29, 1.82) is 0 Å². The minimum Gasteiger partial charge on any atom is -0.481 e. The number of hydrogen-bond acceptors (Lipinski definition) is 4. The van der Waals surface area contributed by atoms with Crippen molar-refractivity contribution >= 4 is 28.0 Å². The molecule has 0 aliphatic carbocycles. The van der Waals surface area contributed by atoms with Crippen LogP contribution in [0.4, 0.5) is 4.79 Å². The highest BCUT2D eigenvalue weighted by Gasteiger charge is 2.23. The Morgan fingerprint density at radius 2 is 2.09 bits per heavy atom. The van der Waals surface area contributed by atoms with Crippen molar-refractivity contribution in [3.8, 4) is 0 Å². The van der Waals surface area contributed by atoms with Crippen LogP contribution in [0.3, 0.4) is 0 Å². The Balaban J connectivity index is 2.01. The van der Waals surface area contributed by atoms with E-state index in [9.17, 15) is 9.59 Å². The number of hydrogen-bond donors (Lipinski definition) is 2. The zero-order valence-corrected chi connectivity index (χ0v) is 14.0. The molecular formula is C15H16BrN3O4. The van der Waals surface area contributed by atoms with Gasteiger partial charge in [-0.25, -0.2) is 4.79 Å². The van der Waals surface area contributed by atoms with Crippen molar-refractivity contribution in [2.45, 2.75) is 19.1 Å². The largest absolute Gasteiger partial charge is 0.481 e. The Bertz CT molecular complexity index is 687. The number of aliphatic carboxylic acids is 1. The molecule has 1 aromatic heterocycles. The molecule has 7 nitrogen and oxygen atoms in total. The summed E-state index contributed by atoms with van der Waals surface area (Å²) >= 11 is 3.32. The number of aryl methyl sites for hydroxylation is 1. The molecule has 1 atom stereocenters. The molecule has 0 radical (unpaired) electrons. The van der Waals surface area contributed by atoms with E-state index in [2.05, 4.69) is 26.3 Å². The van der Waals surface area contributed by atoms with Crippen LogP contribution in [0.1, 0.15) is 23.6 Å². The maximum Gasteiger partial charge on any atom is 0.407 e. The number of carboxylic acids is 1. The number of nitrogens with one attached hydrogen (secondary N) is 1. The van der Waals surface area contributed by atoms with Crippen molar-refractivity contribution in [2.75, 3.05) is 0 Å². The summed E-state index contributed by atoms with van der Waals surface area (Å²) in [4.78, 5) is 23.0. The standard InChI is InChI=1S/C15H16BrN3O4/c1-19-14(16)11(8-17-19)12(7-13(20)21)18-15(22)23-9-10-5-3-2-4-6-10/h2-6,8,12H,7,9H2,1H3,(H,18,22)(H,20,21)/t12-/m1/s1. The third-order valence-electron chi connectivity index (χ3n) is 3.15. The fourth-order valence-corrected chi connectivity index (χ4v) is 2.46. The van der Waals surface area contributed by atoms with Gasteiger partial charge in [-0.3, -0.25) is 9.48 Å². The minimum absolute atomic E-state index is 0.112. The number of carboxylic acid groups (broad SMARTS) is 1. The third-order valence-corrected chi connectivity index (χ3v) is 4.12. The van der Waals surface area contributed by atoms with Crippen LogP contribution in [0.25, 0.3) is 0 Å². The monoisotopic (exact) mass is 381 g/mol. The molecule has 8 heteroatoms. The van der Waals surface area contributed by atoms with Gasteiger partial charge in [0, 0.05) is 12.6 Å². The van der Waals surface area contributed by atoms with E-state index >= 15 is 0 Å². The lowest BCUT2D eigenvalue weighted by atomic mass is 10.1. The Kier molecular flexibility index (Phi) is 5.75. The van der Waals surface area contributed by atoms with Gasteiger partial charge in [0.2, 0.25) is 0 Å². The number of rotatable bonds is 6. The molecule has 0 unspecified atom stereocenters. The topological polar surface area (TPSA) is 93.5 Å². The molecule has 122 valence electrons. The number of aromatic nitrogens is 2. The first-order valence-electron chi connectivity index (χ1n) is 6.83. The summed E-state index contributed by atoms with van der Waals surface area (Å²) < 4.78 is 7.27. The number of benzene rings is 1. The van der Waals surface area contributed by atoms with Gasteiger partial charge >= 0.3 is 12.1 Å². The van der Waals surface area contributed by atoms with Gasteiger partial charge in [0.15, 0.2) is 0 Å². The molecule has 1 amide bonds. The first-order chi connectivity index (χ1) is 11.0. The number of carbonyl (C=O) groups is 2. The number of halogens is 1. The summed E-state index contributed by atoms with van der Waals surface area (Å²) in [6.45, 7) is 0.112. The Morgan fingerprint density at radius 1 is 1.39 bits per heavy atom. The molecule has 0 aliphatic rings. The van der Waals surface area contributed by atoms with Crippen LogP contribution in [-0.4, -0.2) is 26.9 Å². The van der Waals surface area contributed by atoms with Crippen molar-refractivity contribution < 1.29 is 19.4 Å². The van der Waals surface area contributed by atoms with Crippen LogP contribution in [0.15, 0.2) is 41.1 Å². The minimum atomic E-state index is -1.03. The third kappa shape index (κ3) is 4.82. The molecule has 2 N–H and O–H groups in total. The SMILES string of the molecule is Cn1ncc([C@@H](CC(=O)O)NC(=O)OCc2ccccc2)c1Br. The molecule has 2 aromatic rings. The predicted molar refractivity (Wildman–Crippen MR) is 85.7 cm³/mol. The molecule has 2 rings (SSSR count). The average Bonchev–Trinajstić information content (AvgIpc) is 2.85. The number of alkyl carbamates (subject to hydrolysis) is 1. The van der Waals surface area contributed by atoms with E-state index < -0.39 is 18.1 Å². The van der Waals surface area contributed by atoms with E-state index in [-0.39, 0.29) is 13.0 Å². The van der Waals surface area contributed by atoms with Gasteiger partial charge < -0.3 is 15.2 Å². The predicted octanol–water partition coefficient (Wildman–Crippen LogP) is 2.62. The average molecular weight is 382 g/mol. The van der Waals surface area contributed by atoms with Crippen LogP contribution in [0.2, 0.25) is 0 Å². The highest BCUT2D eigenvalue weighted by Crippen LogP contribution is 2.25. The molecule has 1 heterocycles. The lowest BCUT2D eigenvalue weighted by Gasteiger charge is -2.16. The van der Waals surface area contributed by atoms with E-state index in [0.717, 1.165) is 5.56 Å². The Hall–Kier alpha value is -2.35. The number of nitrogens with zero attached hydrogens (tertiary/aromatic N) is 2. The van der Waals surface area contributed by atoms with E-state index in [1.54, 1.807) is 11.7 Å². The summed E-state index contributed by atoms with van der Waals surface area (Å²) in [5.74, 6) is -1.03. The molecular weight excluding hydrogens is 366 g/mol. The van der Waals surface area contributed by atoms with Crippen molar-refractivity contribution in [1.82, 2.24) is 15.1 Å². The molecule has 0 aliphatic heterocycles. The fourth-order valence-electron chi connectivity index (χ4n) is 1.99. The Morgan fingerprint density at radius 3 is 2.65 bits per heavy atom. The first-order valence-corrected chi connectivity index (χ1v) is 7.63. The van der Waals surface area contributed by atoms with Gasteiger partial charge in [-0.2, -0.15) is 5.10 Å². The van der Waals surface area contributed by atoms with Crippen molar-refractivity contribution in [3.63, 3.8) is 0 Å². The van der Waals surface area contributed by atoms with Gasteiger partial charge in [0.05, 0.1) is 18.7 Å². The summed E-state index contributed by atoms with van der Waals surface area (Å²) in [6, 6.07) is 8.48. The number of amides is 1. The van der Waals surface area contributed by atoms with E-state index in [4.69, 9.17) is 9.84 Å². The van der Waals surface area contributed by atoms with Crippen LogP contribution in [0.5, 0.6) is 0 Å². The van der Waals surface area contributed by atoms with Gasteiger partial charge in [0.1, 0.15) is 11.2 Å². The summed E-state index contributed by atoms with van der Waals surface area (Å²) in [7, 11) is 1.71. The van der Waals surface area contributed by atoms with Gasteiger partial charge in [-0.05, 0) is 21.5 Å². The lowest BCUT2D eigenvalue weighted by Crippen LogP contribution is -2.30. The normalized spacial score (nSPS) is 11.7. The molecule has 0 fully saturated rings. The molecule has 0 saturated heterocycles. The second-order valence-corrected chi connectivity index (χ2v) is 5.62. The maximum atomic E-state index is 11.9. The zero-order chi connectivity index (χ0) is 16.8. The van der Waals surface area contributed by atoms with Crippen LogP contribution < -0.4 is 5.32 Å². The van der Waals surface area contributed by atoms with Crippen LogP contribution in [-0.2, 0) is 23.2 Å². The second kappa shape index (κ2) is 7.77. The highest BCUT2D eigenvalue weighted by molar-refractivity contribution is 9.10. The summed E-state index contributed by atoms with van der Waals surface area (Å²) in [5, 5.41) is 15.6. The van der Waals surface area contributed by atoms with E-state index in [1.807, 2.05) is 30.3 Å². The number of ether oxygens (including phenoxy) is 1. The lowest BCUT2D eigenvalue weighted by molar-refractivity contribution is -0.137. The molecule has 1 aromatic carbocycles. The maximum absolute atomic E-state index is 11.9. The number of carbonyl (C=O) groups excluding carboxylic acids is 1. The zero-order valence-electron chi connectivity index (χ0n) is 12.4. The Labute approximate surface area is 141 Å². The van der Waals surface area contributed by atoms with Crippen molar-refractivity contribution in [2.24, 2.45) is 7.05 Å². The molecule has 0 saturated carbocycles. The molecule has 0 bridgehead atoms. The van der Waals surface area contributed by atoms with Gasteiger partial charge in [-0.1, -0.05) is 30.3 Å². The van der Waals surface area contributed by atoms with Gasteiger partial charge in [-0.15, -0.1) is 0 Å². The molecule has 0 spiro atoms. The second-order valence-electron chi connectivity index (χ2n) is 4.87. The van der Waals surface area contributed by atoms with Crippen LogP contribution >= 0.6 is 15.9 Å². The smallest absolute Gasteiger partial charge is 0.407 e. The quantitative estimate of drug-likeness (QED) is 0.801. The van der Waals surface area contributed by atoms with E-state index in [0.29, 0.717) is 10.2 Å². The van der Waals surface area contributed by atoms with E-state index in [1.165, 1.54) is 6.20 Å². The fraction of sp³-hybridized carbons (Fsp3) is 0.267. The van der Waals surface area contributed by atoms with Crippen molar-refractivity contribution in [3.05, 3.63) is 52.3 Å². The van der Waals surface area contributed by atoms with Gasteiger partial charge in [0.25, 0.3) is 0 Å².